The zero-order valence-corrected chi connectivity index (χ0v) is 19.2. The monoisotopic (exact) mass is 487 g/mol. The Hall–Kier alpha value is -3.03. The third kappa shape index (κ3) is 6.30. The molecule has 34 heavy (non-hydrogen) atoms. The van der Waals surface area contributed by atoms with Crippen molar-refractivity contribution in [1.29, 1.82) is 0 Å². The summed E-state index contributed by atoms with van der Waals surface area (Å²) in [5.41, 5.74) is 2.30. The number of benzene rings is 3. The first-order chi connectivity index (χ1) is 16.3. The highest BCUT2D eigenvalue weighted by molar-refractivity contribution is 6.30. The number of amides is 1. The average molecular weight is 488 g/mol. The molecular formula is C26H25ClF3N3O. The number of rotatable bonds is 6. The molecule has 1 amide bonds. The summed E-state index contributed by atoms with van der Waals surface area (Å²) in [6.07, 6.45) is -4.41. The van der Waals surface area contributed by atoms with Crippen LogP contribution < -0.4 is 10.2 Å². The van der Waals surface area contributed by atoms with Gasteiger partial charge in [-0.3, -0.25) is 9.69 Å². The van der Waals surface area contributed by atoms with E-state index in [1.807, 2.05) is 36.4 Å². The molecule has 4 nitrogen and oxygen atoms in total. The molecule has 0 saturated carbocycles. The van der Waals surface area contributed by atoms with Crippen LogP contribution in [0, 0.1) is 0 Å². The van der Waals surface area contributed by atoms with Crippen LogP contribution in [0.2, 0.25) is 5.02 Å². The van der Waals surface area contributed by atoms with Crippen LogP contribution in [-0.4, -0.2) is 37.0 Å². The standard InChI is InChI=1S/C26H25ClF3N3O/c27-23-8-3-9-24(16-23)33-12-10-32(11-13-33)18-20-5-1-6-21(14-20)25(34)31-17-19-4-2-7-22(15-19)26(28,29)30/h1-9,14-16H,10-13,17-18H2,(H,31,34). The predicted molar refractivity (Wildman–Crippen MR) is 128 cm³/mol. The maximum atomic E-state index is 12.9. The van der Waals surface area contributed by atoms with Crippen LogP contribution in [0.1, 0.15) is 27.0 Å². The molecule has 0 aromatic heterocycles. The number of halogens is 4. The van der Waals surface area contributed by atoms with Gasteiger partial charge in [0.1, 0.15) is 0 Å². The Morgan fingerprint density at radius 2 is 1.59 bits per heavy atom. The zero-order valence-electron chi connectivity index (χ0n) is 18.5. The Morgan fingerprint density at radius 3 is 2.32 bits per heavy atom. The quantitative estimate of drug-likeness (QED) is 0.491. The van der Waals surface area contributed by atoms with E-state index in [0.717, 1.165) is 61.1 Å². The minimum atomic E-state index is -4.41. The summed E-state index contributed by atoms with van der Waals surface area (Å²) in [7, 11) is 0. The molecule has 0 bridgehead atoms. The van der Waals surface area contributed by atoms with Crippen molar-refractivity contribution >= 4 is 23.2 Å². The number of alkyl halides is 3. The lowest BCUT2D eigenvalue weighted by Crippen LogP contribution is -2.46. The fourth-order valence-corrected chi connectivity index (χ4v) is 4.23. The highest BCUT2D eigenvalue weighted by Gasteiger charge is 2.30. The largest absolute Gasteiger partial charge is 0.416 e. The topological polar surface area (TPSA) is 35.6 Å². The third-order valence-electron chi connectivity index (χ3n) is 5.85. The summed E-state index contributed by atoms with van der Waals surface area (Å²) in [6, 6.07) is 20.2. The molecule has 0 spiro atoms. The van der Waals surface area contributed by atoms with Gasteiger partial charge in [0.05, 0.1) is 5.56 Å². The number of carbonyl (C=O) groups excluding carboxylic acids is 1. The molecule has 3 aromatic carbocycles. The Bertz CT molecular complexity index is 1140. The number of hydrogen-bond acceptors (Lipinski definition) is 3. The number of carbonyl (C=O) groups is 1. The minimum absolute atomic E-state index is 0.0262. The summed E-state index contributed by atoms with van der Waals surface area (Å²) >= 11 is 6.11. The number of hydrogen-bond donors (Lipinski definition) is 1. The first kappa shape index (κ1) is 24.1. The zero-order chi connectivity index (χ0) is 24.1. The average Bonchev–Trinajstić information content (AvgIpc) is 2.83. The van der Waals surface area contributed by atoms with Crippen molar-refractivity contribution in [3.8, 4) is 0 Å². The Morgan fingerprint density at radius 1 is 0.882 bits per heavy atom. The van der Waals surface area contributed by atoms with E-state index in [1.54, 1.807) is 12.1 Å². The van der Waals surface area contributed by atoms with Crippen molar-refractivity contribution in [2.45, 2.75) is 19.3 Å². The molecule has 0 unspecified atom stereocenters. The lowest BCUT2D eigenvalue weighted by molar-refractivity contribution is -0.137. The van der Waals surface area contributed by atoms with Crippen molar-refractivity contribution in [2.75, 3.05) is 31.1 Å². The van der Waals surface area contributed by atoms with E-state index in [2.05, 4.69) is 21.2 Å². The molecule has 0 radical (unpaired) electrons. The van der Waals surface area contributed by atoms with E-state index in [4.69, 9.17) is 11.6 Å². The lowest BCUT2D eigenvalue weighted by Gasteiger charge is -2.36. The van der Waals surface area contributed by atoms with E-state index in [9.17, 15) is 18.0 Å². The molecule has 1 saturated heterocycles. The fourth-order valence-electron chi connectivity index (χ4n) is 4.05. The van der Waals surface area contributed by atoms with Gasteiger partial charge in [0.2, 0.25) is 0 Å². The number of piperazine rings is 1. The van der Waals surface area contributed by atoms with E-state index in [-0.39, 0.29) is 12.5 Å². The van der Waals surface area contributed by atoms with E-state index in [0.29, 0.717) is 11.1 Å². The van der Waals surface area contributed by atoms with Gasteiger partial charge in [-0.25, -0.2) is 0 Å². The van der Waals surface area contributed by atoms with Crippen LogP contribution in [0.5, 0.6) is 0 Å². The normalized spacial score (nSPS) is 14.8. The maximum Gasteiger partial charge on any atom is 0.416 e. The van der Waals surface area contributed by atoms with Crippen LogP contribution in [0.4, 0.5) is 18.9 Å². The number of nitrogens with zero attached hydrogens (tertiary/aromatic N) is 2. The van der Waals surface area contributed by atoms with Crippen molar-refractivity contribution in [2.24, 2.45) is 0 Å². The van der Waals surface area contributed by atoms with E-state index >= 15 is 0 Å². The SMILES string of the molecule is O=C(NCc1cccc(C(F)(F)F)c1)c1cccc(CN2CCN(c3cccc(Cl)c3)CC2)c1. The third-order valence-corrected chi connectivity index (χ3v) is 6.08. The molecular weight excluding hydrogens is 463 g/mol. The Kier molecular flexibility index (Phi) is 7.44. The summed E-state index contributed by atoms with van der Waals surface area (Å²) in [5.74, 6) is -0.315. The predicted octanol–water partition coefficient (Wildman–Crippen LogP) is 5.61. The second kappa shape index (κ2) is 10.5. The van der Waals surface area contributed by atoms with Crippen LogP contribution in [-0.2, 0) is 19.3 Å². The van der Waals surface area contributed by atoms with Gasteiger partial charge in [-0.15, -0.1) is 0 Å². The smallest absolute Gasteiger partial charge is 0.369 e. The summed E-state index contributed by atoms with van der Waals surface area (Å²) in [6.45, 7) is 4.29. The van der Waals surface area contributed by atoms with Crippen molar-refractivity contribution < 1.29 is 18.0 Å². The molecule has 8 heteroatoms. The highest BCUT2D eigenvalue weighted by Crippen LogP contribution is 2.29. The Labute approximate surface area is 201 Å². The summed E-state index contributed by atoms with van der Waals surface area (Å²) in [4.78, 5) is 17.2. The molecule has 0 aliphatic carbocycles. The van der Waals surface area contributed by atoms with Crippen molar-refractivity contribution in [1.82, 2.24) is 10.2 Å². The van der Waals surface area contributed by atoms with Gasteiger partial charge in [-0.05, 0) is 53.6 Å². The Balaban J connectivity index is 1.31. The van der Waals surface area contributed by atoms with E-state index in [1.165, 1.54) is 6.07 Å². The number of anilines is 1. The second-order valence-corrected chi connectivity index (χ2v) is 8.76. The molecule has 1 heterocycles. The highest BCUT2D eigenvalue weighted by atomic mass is 35.5. The molecule has 1 fully saturated rings. The molecule has 1 aliphatic heterocycles. The van der Waals surface area contributed by atoms with Crippen LogP contribution in [0.3, 0.4) is 0 Å². The van der Waals surface area contributed by atoms with Crippen LogP contribution in [0.15, 0.2) is 72.8 Å². The van der Waals surface area contributed by atoms with Gasteiger partial charge >= 0.3 is 6.18 Å². The molecule has 3 aromatic rings. The second-order valence-electron chi connectivity index (χ2n) is 8.32. The fraction of sp³-hybridized carbons (Fsp3) is 0.269. The first-order valence-electron chi connectivity index (χ1n) is 11.0. The maximum absolute atomic E-state index is 12.9. The van der Waals surface area contributed by atoms with Gasteiger partial charge < -0.3 is 10.2 Å². The first-order valence-corrected chi connectivity index (χ1v) is 11.4. The van der Waals surface area contributed by atoms with Crippen LogP contribution in [0.25, 0.3) is 0 Å². The summed E-state index contributed by atoms with van der Waals surface area (Å²) < 4.78 is 38.7. The van der Waals surface area contributed by atoms with Gasteiger partial charge in [-0.2, -0.15) is 13.2 Å². The molecule has 4 rings (SSSR count). The molecule has 0 atom stereocenters. The van der Waals surface area contributed by atoms with Crippen LogP contribution >= 0.6 is 11.6 Å². The lowest BCUT2D eigenvalue weighted by atomic mass is 10.1. The van der Waals surface area contributed by atoms with Gasteiger partial charge in [-0.1, -0.05) is 41.9 Å². The molecule has 178 valence electrons. The van der Waals surface area contributed by atoms with Crippen molar-refractivity contribution in [3.63, 3.8) is 0 Å². The minimum Gasteiger partial charge on any atom is -0.369 e. The van der Waals surface area contributed by atoms with Gasteiger partial charge in [0, 0.05) is 55.5 Å². The van der Waals surface area contributed by atoms with E-state index < -0.39 is 11.7 Å². The van der Waals surface area contributed by atoms with Gasteiger partial charge in [0.25, 0.3) is 5.91 Å². The van der Waals surface area contributed by atoms with Gasteiger partial charge in [0.15, 0.2) is 0 Å². The summed E-state index contributed by atoms with van der Waals surface area (Å²) in [5, 5.41) is 3.44. The molecule has 1 aliphatic rings. The number of nitrogens with one attached hydrogen (secondary N) is 1. The molecule has 1 N–H and O–H groups in total. The van der Waals surface area contributed by atoms with Crippen molar-refractivity contribution in [3.05, 3.63) is 100 Å².